The van der Waals surface area contributed by atoms with Gasteiger partial charge in [0.05, 0.1) is 0 Å². The summed E-state index contributed by atoms with van der Waals surface area (Å²) in [5.41, 5.74) is 0.468. The van der Waals surface area contributed by atoms with Crippen LogP contribution in [0.1, 0.15) is 52.4 Å². The Balaban J connectivity index is 0.00000264. The maximum Gasteiger partial charge on any atom is 0.193 e. The molecule has 136 valence electrons. The van der Waals surface area contributed by atoms with Crippen LogP contribution in [0.25, 0.3) is 0 Å². The summed E-state index contributed by atoms with van der Waals surface area (Å²) in [5, 5.41) is 3.66. The van der Waals surface area contributed by atoms with Crippen LogP contribution in [-0.4, -0.2) is 62.6 Å². The summed E-state index contributed by atoms with van der Waals surface area (Å²) >= 11 is 0. The third-order valence-electron chi connectivity index (χ3n) is 5.42. The highest BCUT2D eigenvalue weighted by molar-refractivity contribution is 14.0. The van der Waals surface area contributed by atoms with Crippen molar-refractivity contribution in [3.05, 3.63) is 0 Å². The van der Waals surface area contributed by atoms with E-state index < -0.39 is 0 Å². The molecule has 0 bridgehead atoms. The van der Waals surface area contributed by atoms with Crippen LogP contribution < -0.4 is 5.32 Å². The van der Waals surface area contributed by atoms with Crippen LogP contribution in [0.3, 0.4) is 0 Å². The van der Waals surface area contributed by atoms with Gasteiger partial charge in [0.1, 0.15) is 0 Å². The molecule has 0 aromatic rings. The van der Waals surface area contributed by atoms with Crippen molar-refractivity contribution < 1.29 is 0 Å². The number of guanidine groups is 1. The Labute approximate surface area is 160 Å². The molecule has 0 amide bonds. The van der Waals surface area contributed by atoms with Gasteiger partial charge in [-0.05, 0) is 57.0 Å². The highest BCUT2D eigenvalue weighted by Gasteiger charge is 2.31. The van der Waals surface area contributed by atoms with E-state index in [0.29, 0.717) is 5.41 Å². The molecular formula is C18H37IN4. The first-order valence-corrected chi connectivity index (χ1v) is 9.20. The van der Waals surface area contributed by atoms with Crippen LogP contribution in [0, 0.1) is 11.3 Å². The number of hydrogen-bond donors (Lipinski definition) is 1. The van der Waals surface area contributed by atoms with E-state index in [-0.39, 0.29) is 24.0 Å². The van der Waals surface area contributed by atoms with Crippen molar-refractivity contribution in [2.75, 3.05) is 46.8 Å². The first kappa shape index (κ1) is 21.0. The second kappa shape index (κ2) is 10.1. The minimum absolute atomic E-state index is 0. The van der Waals surface area contributed by atoms with Crippen molar-refractivity contribution in [2.24, 2.45) is 16.3 Å². The molecule has 4 nitrogen and oxygen atoms in total. The highest BCUT2D eigenvalue weighted by atomic mass is 127. The largest absolute Gasteiger partial charge is 0.356 e. The quantitative estimate of drug-likeness (QED) is 0.416. The lowest BCUT2D eigenvalue weighted by molar-refractivity contribution is 0.141. The number of nitrogens with one attached hydrogen (secondary N) is 1. The molecule has 0 saturated carbocycles. The Morgan fingerprint density at radius 2 is 2.09 bits per heavy atom. The van der Waals surface area contributed by atoms with E-state index in [1.54, 1.807) is 0 Å². The Bertz CT molecular complexity index is 370. The maximum atomic E-state index is 4.56. The number of halogens is 1. The minimum Gasteiger partial charge on any atom is -0.356 e. The summed E-state index contributed by atoms with van der Waals surface area (Å²) in [6, 6.07) is 0. The van der Waals surface area contributed by atoms with Crippen molar-refractivity contribution in [1.82, 2.24) is 15.1 Å². The van der Waals surface area contributed by atoms with Gasteiger partial charge in [-0.1, -0.05) is 20.3 Å². The molecule has 0 radical (unpaired) electrons. The van der Waals surface area contributed by atoms with E-state index in [4.69, 9.17) is 0 Å². The standard InChI is InChI=1S/C18H36N4.HI/c1-5-9-18(2)10-7-12-22(15-18)17(19-3)20-13-16-8-6-11-21(4)14-16;/h16H,5-15H2,1-4H3,(H,19,20);1H. The third kappa shape index (κ3) is 6.40. The highest BCUT2D eigenvalue weighted by Crippen LogP contribution is 2.33. The van der Waals surface area contributed by atoms with Crippen LogP contribution in [0.5, 0.6) is 0 Å². The number of aliphatic imine (C=N–C) groups is 1. The summed E-state index contributed by atoms with van der Waals surface area (Å²) in [6.07, 6.45) is 7.95. The molecule has 23 heavy (non-hydrogen) atoms. The Morgan fingerprint density at radius 3 is 2.74 bits per heavy atom. The number of piperidine rings is 2. The Morgan fingerprint density at radius 1 is 1.30 bits per heavy atom. The summed E-state index contributed by atoms with van der Waals surface area (Å²) in [5.74, 6) is 1.89. The first-order chi connectivity index (χ1) is 10.6. The molecule has 1 N–H and O–H groups in total. The van der Waals surface area contributed by atoms with E-state index in [2.05, 4.69) is 41.0 Å². The number of hydrogen-bond acceptors (Lipinski definition) is 2. The minimum atomic E-state index is 0. The van der Waals surface area contributed by atoms with Gasteiger partial charge >= 0.3 is 0 Å². The fraction of sp³-hybridized carbons (Fsp3) is 0.944. The topological polar surface area (TPSA) is 30.9 Å². The van der Waals surface area contributed by atoms with Crippen LogP contribution in [0.15, 0.2) is 4.99 Å². The monoisotopic (exact) mass is 436 g/mol. The van der Waals surface area contributed by atoms with E-state index >= 15 is 0 Å². The molecule has 2 rings (SSSR count). The molecule has 2 unspecified atom stereocenters. The van der Waals surface area contributed by atoms with Crippen molar-refractivity contribution in [3.8, 4) is 0 Å². The van der Waals surface area contributed by atoms with Crippen molar-refractivity contribution >= 4 is 29.9 Å². The molecule has 2 atom stereocenters. The van der Waals surface area contributed by atoms with Gasteiger partial charge in [-0.15, -0.1) is 24.0 Å². The van der Waals surface area contributed by atoms with Gasteiger partial charge in [0.2, 0.25) is 0 Å². The normalized spacial score (nSPS) is 30.0. The van der Waals surface area contributed by atoms with Gasteiger partial charge in [-0.2, -0.15) is 0 Å². The van der Waals surface area contributed by atoms with Crippen LogP contribution >= 0.6 is 24.0 Å². The van der Waals surface area contributed by atoms with Gasteiger partial charge in [0, 0.05) is 33.2 Å². The average molecular weight is 436 g/mol. The Hall–Kier alpha value is -0.0400. The lowest BCUT2D eigenvalue weighted by Gasteiger charge is -2.42. The van der Waals surface area contributed by atoms with Crippen molar-refractivity contribution in [1.29, 1.82) is 0 Å². The van der Waals surface area contributed by atoms with Crippen LogP contribution in [0.4, 0.5) is 0 Å². The first-order valence-electron chi connectivity index (χ1n) is 9.20. The second-order valence-corrected chi connectivity index (χ2v) is 7.78. The van der Waals surface area contributed by atoms with E-state index in [0.717, 1.165) is 31.5 Å². The molecule has 2 fully saturated rings. The summed E-state index contributed by atoms with van der Waals surface area (Å²) in [4.78, 5) is 9.51. The SMILES string of the molecule is CCCC1(C)CCCN(C(=NC)NCC2CCCN(C)C2)C1.I. The fourth-order valence-electron chi connectivity index (χ4n) is 4.31. The van der Waals surface area contributed by atoms with Gasteiger partial charge in [-0.25, -0.2) is 0 Å². The lowest BCUT2D eigenvalue weighted by Crippen LogP contribution is -2.51. The molecule has 5 heteroatoms. The molecular weight excluding hydrogens is 399 g/mol. The second-order valence-electron chi connectivity index (χ2n) is 7.78. The summed E-state index contributed by atoms with van der Waals surface area (Å²) < 4.78 is 0. The van der Waals surface area contributed by atoms with Gasteiger partial charge < -0.3 is 15.1 Å². The number of rotatable bonds is 4. The molecule has 0 aromatic heterocycles. The molecule has 0 aliphatic carbocycles. The van der Waals surface area contributed by atoms with E-state index in [1.807, 2.05) is 7.05 Å². The van der Waals surface area contributed by atoms with Crippen molar-refractivity contribution in [3.63, 3.8) is 0 Å². The third-order valence-corrected chi connectivity index (χ3v) is 5.42. The van der Waals surface area contributed by atoms with Gasteiger partial charge in [-0.3, -0.25) is 4.99 Å². The Kier molecular flexibility index (Phi) is 9.19. The van der Waals surface area contributed by atoms with Gasteiger partial charge in [0.15, 0.2) is 5.96 Å². The van der Waals surface area contributed by atoms with E-state index in [1.165, 1.54) is 51.6 Å². The maximum absolute atomic E-state index is 4.56. The lowest BCUT2D eigenvalue weighted by atomic mass is 9.78. The molecule has 0 aromatic carbocycles. The predicted molar refractivity (Wildman–Crippen MR) is 111 cm³/mol. The number of likely N-dealkylation sites (tertiary alicyclic amines) is 2. The van der Waals surface area contributed by atoms with Gasteiger partial charge in [0.25, 0.3) is 0 Å². The molecule has 0 spiro atoms. The smallest absolute Gasteiger partial charge is 0.193 e. The van der Waals surface area contributed by atoms with Crippen LogP contribution in [0.2, 0.25) is 0 Å². The van der Waals surface area contributed by atoms with Crippen molar-refractivity contribution in [2.45, 2.75) is 52.4 Å². The molecule has 2 saturated heterocycles. The predicted octanol–water partition coefficient (Wildman–Crippen LogP) is 3.42. The zero-order chi connectivity index (χ0) is 16.0. The zero-order valence-electron chi connectivity index (χ0n) is 15.6. The summed E-state index contributed by atoms with van der Waals surface area (Å²) in [6.45, 7) is 10.6. The zero-order valence-corrected chi connectivity index (χ0v) is 17.9. The van der Waals surface area contributed by atoms with E-state index in [9.17, 15) is 0 Å². The summed E-state index contributed by atoms with van der Waals surface area (Å²) in [7, 11) is 4.17. The number of nitrogens with zero attached hydrogens (tertiary/aromatic N) is 3. The molecule has 2 aliphatic heterocycles. The molecule has 2 heterocycles. The van der Waals surface area contributed by atoms with Crippen LogP contribution in [-0.2, 0) is 0 Å². The molecule has 2 aliphatic rings. The average Bonchev–Trinajstić information content (AvgIpc) is 2.48. The fourth-order valence-corrected chi connectivity index (χ4v) is 4.31.